The smallest absolute Gasteiger partial charge is 0.339 e. The van der Waals surface area contributed by atoms with Crippen LogP contribution < -0.4 is 4.74 Å². The second-order valence-electron chi connectivity index (χ2n) is 3.66. The van der Waals surface area contributed by atoms with Crippen LogP contribution in [0.5, 0.6) is 5.75 Å². The van der Waals surface area contributed by atoms with Gasteiger partial charge in [-0.05, 0) is 31.5 Å². The Balaban J connectivity index is 2.90. The van der Waals surface area contributed by atoms with Gasteiger partial charge < -0.3 is 9.84 Å². The molecule has 1 unspecified atom stereocenters. The standard InChI is InChI=1S/C12H15ClO3/c1-3-4-8(2)16-11-6-5-9(13)7-10(11)12(14)15/h5-8H,3-4H2,1-2H3,(H,14,15). The first-order valence-electron chi connectivity index (χ1n) is 5.24. The van der Waals surface area contributed by atoms with E-state index in [1.54, 1.807) is 12.1 Å². The van der Waals surface area contributed by atoms with Crippen LogP contribution in [0.3, 0.4) is 0 Å². The first-order chi connectivity index (χ1) is 7.54. The molecule has 0 aromatic heterocycles. The van der Waals surface area contributed by atoms with E-state index in [0.717, 1.165) is 12.8 Å². The van der Waals surface area contributed by atoms with Gasteiger partial charge in [-0.15, -0.1) is 0 Å². The fraction of sp³-hybridized carbons (Fsp3) is 0.417. The molecule has 0 amide bonds. The maximum absolute atomic E-state index is 11.0. The highest BCUT2D eigenvalue weighted by Gasteiger charge is 2.13. The number of rotatable bonds is 5. The Kier molecular flexibility index (Phi) is 4.62. The SMILES string of the molecule is CCCC(C)Oc1ccc(Cl)cc1C(=O)O. The molecule has 88 valence electrons. The molecule has 0 aliphatic carbocycles. The summed E-state index contributed by atoms with van der Waals surface area (Å²) in [7, 11) is 0. The molecule has 0 heterocycles. The molecule has 16 heavy (non-hydrogen) atoms. The van der Waals surface area contributed by atoms with Gasteiger partial charge in [0.25, 0.3) is 0 Å². The molecule has 0 spiro atoms. The fourth-order valence-electron chi connectivity index (χ4n) is 1.45. The summed E-state index contributed by atoms with van der Waals surface area (Å²) in [6, 6.07) is 4.62. The number of aromatic carboxylic acids is 1. The average molecular weight is 243 g/mol. The van der Waals surface area contributed by atoms with Crippen LogP contribution in [0.15, 0.2) is 18.2 Å². The minimum absolute atomic E-state index is 0.00396. The van der Waals surface area contributed by atoms with E-state index in [0.29, 0.717) is 10.8 Å². The van der Waals surface area contributed by atoms with Gasteiger partial charge in [0.15, 0.2) is 0 Å². The van der Waals surface area contributed by atoms with Gasteiger partial charge in [-0.2, -0.15) is 0 Å². The highest BCUT2D eigenvalue weighted by molar-refractivity contribution is 6.31. The van der Waals surface area contributed by atoms with Crippen molar-refractivity contribution in [2.75, 3.05) is 0 Å². The summed E-state index contributed by atoms with van der Waals surface area (Å²) in [5.41, 5.74) is 0.107. The zero-order valence-corrected chi connectivity index (χ0v) is 10.1. The summed E-state index contributed by atoms with van der Waals surface area (Å²) in [5.74, 6) is -0.654. The third-order valence-corrected chi connectivity index (χ3v) is 2.43. The van der Waals surface area contributed by atoms with Crippen LogP contribution in [0.25, 0.3) is 0 Å². The first kappa shape index (κ1) is 12.8. The van der Waals surface area contributed by atoms with Crippen molar-refractivity contribution in [1.82, 2.24) is 0 Å². The third kappa shape index (κ3) is 3.42. The molecule has 0 aliphatic rings. The van der Waals surface area contributed by atoms with E-state index >= 15 is 0 Å². The number of carbonyl (C=O) groups is 1. The molecule has 0 saturated heterocycles. The van der Waals surface area contributed by atoms with Gasteiger partial charge in [0.2, 0.25) is 0 Å². The molecule has 1 atom stereocenters. The summed E-state index contributed by atoms with van der Waals surface area (Å²) < 4.78 is 5.56. The van der Waals surface area contributed by atoms with Crippen molar-refractivity contribution < 1.29 is 14.6 Å². The zero-order valence-electron chi connectivity index (χ0n) is 9.37. The highest BCUT2D eigenvalue weighted by atomic mass is 35.5. The quantitative estimate of drug-likeness (QED) is 0.858. The summed E-state index contributed by atoms with van der Waals surface area (Å²) in [6.07, 6.45) is 1.89. The molecular formula is C12H15ClO3. The number of hydrogen-bond donors (Lipinski definition) is 1. The van der Waals surface area contributed by atoms with Crippen molar-refractivity contribution in [3.63, 3.8) is 0 Å². The fourth-order valence-corrected chi connectivity index (χ4v) is 1.63. The van der Waals surface area contributed by atoms with E-state index in [9.17, 15) is 4.79 Å². The highest BCUT2D eigenvalue weighted by Crippen LogP contribution is 2.24. The minimum atomic E-state index is -1.03. The number of carboxylic acids is 1. The van der Waals surface area contributed by atoms with Crippen LogP contribution in [0.1, 0.15) is 37.0 Å². The van der Waals surface area contributed by atoms with Gasteiger partial charge in [-0.25, -0.2) is 4.79 Å². The number of ether oxygens (including phenoxy) is 1. The normalized spacial score (nSPS) is 12.2. The van der Waals surface area contributed by atoms with Gasteiger partial charge in [-0.1, -0.05) is 24.9 Å². The van der Waals surface area contributed by atoms with Gasteiger partial charge in [0, 0.05) is 5.02 Å². The van der Waals surface area contributed by atoms with Gasteiger partial charge >= 0.3 is 5.97 Å². The largest absolute Gasteiger partial charge is 0.490 e. The number of benzene rings is 1. The van der Waals surface area contributed by atoms with Crippen LogP contribution >= 0.6 is 11.6 Å². The molecule has 1 rings (SSSR count). The summed E-state index contributed by atoms with van der Waals surface area (Å²) in [6.45, 7) is 3.98. The Hall–Kier alpha value is -1.22. The van der Waals surface area contributed by atoms with Crippen molar-refractivity contribution in [2.45, 2.75) is 32.8 Å². The lowest BCUT2D eigenvalue weighted by atomic mass is 10.2. The lowest BCUT2D eigenvalue weighted by Crippen LogP contribution is -2.13. The molecule has 1 aromatic rings. The van der Waals surface area contributed by atoms with Gasteiger partial charge in [0.05, 0.1) is 6.10 Å². The monoisotopic (exact) mass is 242 g/mol. The molecule has 0 bridgehead atoms. The Morgan fingerprint density at radius 3 is 2.81 bits per heavy atom. The molecular weight excluding hydrogens is 228 g/mol. The van der Waals surface area contributed by atoms with Crippen molar-refractivity contribution in [2.24, 2.45) is 0 Å². The number of carboxylic acid groups (broad SMARTS) is 1. The van der Waals surface area contributed by atoms with E-state index in [-0.39, 0.29) is 11.7 Å². The van der Waals surface area contributed by atoms with Gasteiger partial charge in [-0.3, -0.25) is 0 Å². The number of hydrogen-bond acceptors (Lipinski definition) is 2. The van der Waals surface area contributed by atoms with Crippen LogP contribution in [0, 0.1) is 0 Å². The van der Waals surface area contributed by atoms with E-state index in [1.807, 2.05) is 6.92 Å². The van der Waals surface area contributed by atoms with Crippen LogP contribution in [0.4, 0.5) is 0 Å². The summed E-state index contributed by atoms with van der Waals surface area (Å²) in [4.78, 5) is 11.0. The van der Waals surface area contributed by atoms with E-state index < -0.39 is 5.97 Å². The zero-order chi connectivity index (χ0) is 12.1. The minimum Gasteiger partial charge on any atom is -0.490 e. The second kappa shape index (κ2) is 5.75. The summed E-state index contributed by atoms with van der Waals surface area (Å²) >= 11 is 5.74. The topological polar surface area (TPSA) is 46.5 Å². The molecule has 1 N–H and O–H groups in total. The first-order valence-corrected chi connectivity index (χ1v) is 5.62. The van der Waals surface area contributed by atoms with Crippen LogP contribution in [-0.4, -0.2) is 17.2 Å². The Labute approximate surface area is 100.0 Å². The van der Waals surface area contributed by atoms with Crippen molar-refractivity contribution in [3.05, 3.63) is 28.8 Å². The number of halogens is 1. The lowest BCUT2D eigenvalue weighted by molar-refractivity contribution is 0.0689. The maximum Gasteiger partial charge on any atom is 0.339 e. The van der Waals surface area contributed by atoms with E-state index in [2.05, 4.69) is 6.92 Å². The molecule has 0 fully saturated rings. The van der Waals surface area contributed by atoms with Crippen molar-refractivity contribution in [3.8, 4) is 5.75 Å². The van der Waals surface area contributed by atoms with E-state index in [1.165, 1.54) is 6.07 Å². The predicted molar refractivity (Wildman–Crippen MR) is 63.4 cm³/mol. The van der Waals surface area contributed by atoms with E-state index in [4.69, 9.17) is 21.4 Å². The Morgan fingerprint density at radius 1 is 1.56 bits per heavy atom. The summed E-state index contributed by atoms with van der Waals surface area (Å²) in [5, 5.41) is 9.39. The molecule has 1 aromatic carbocycles. The van der Waals surface area contributed by atoms with Crippen LogP contribution in [-0.2, 0) is 0 Å². The third-order valence-electron chi connectivity index (χ3n) is 2.20. The molecule has 0 aliphatic heterocycles. The average Bonchev–Trinajstić information content (AvgIpc) is 2.20. The molecule has 0 radical (unpaired) electrons. The lowest BCUT2D eigenvalue weighted by Gasteiger charge is -2.15. The van der Waals surface area contributed by atoms with Crippen molar-refractivity contribution in [1.29, 1.82) is 0 Å². The molecule has 0 saturated carbocycles. The maximum atomic E-state index is 11.0. The molecule has 4 heteroatoms. The predicted octanol–water partition coefficient (Wildman–Crippen LogP) is 3.61. The Bertz CT molecular complexity index is 377. The Morgan fingerprint density at radius 2 is 2.25 bits per heavy atom. The van der Waals surface area contributed by atoms with Crippen LogP contribution in [0.2, 0.25) is 5.02 Å². The molecule has 3 nitrogen and oxygen atoms in total. The van der Waals surface area contributed by atoms with Gasteiger partial charge in [0.1, 0.15) is 11.3 Å². The van der Waals surface area contributed by atoms with Crippen molar-refractivity contribution >= 4 is 17.6 Å². The second-order valence-corrected chi connectivity index (χ2v) is 4.10.